The zero-order chi connectivity index (χ0) is 27.5. The number of amides is 1. The molecule has 2 bridgehead atoms. The van der Waals surface area contributed by atoms with Crippen molar-refractivity contribution in [2.24, 2.45) is 0 Å². The number of aromatic nitrogens is 3. The number of benzene rings is 2. The van der Waals surface area contributed by atoms with Crippen LogP contribution in [0.5, 0.6) is 0 Å². The van der Waals surface area contributed by atoms with Crippen LogP contribution in [0.2, 0.25) is 0 Å². The van der Waals surface area contributed by atoms with E-state index in [4.69, 9.17) is 19.6 Å². The Bertz CT molecular complexity index is 1630. The molecule has 4 aromatic rings. The van der Waals surface area contributed by atoms with E-state index in [1.807, 2.05) is 34.9 Å². The second-order valence-corrected chi connectivity index (χ2v) is 13.5. The van der Waals surface area contributed by atoms with E-state index in [2.05, 4.69) is 51.2 Å². The van der Waals surface area contributed by atoms with Crippen molar-refractivity contribution < 1.29 is 14.3 Å². The van der Waals surface area contributed by atoms with Gasteiger partial charge in [-0.3, -0.25) is 9.80 Å². The topological polar surface area (TPSA) is 72.7 Å². The number of nitrogens with zero attached hydrogens (tertiary/aromatic N) is 5. The molecule has 3 saturated heterocycles. The fourth-order valence-electron chi connectivity index (χ4n) is 7.19. The number of fused-ring (bicyclic) bond motifs is 4. The SMILES string of the molecule is O=C1OCCN1c1ccc(-c2nn(PI)c3ncc(-c4ccc5c(c4)CCC(N4C6COCC4C6)CC5)cc23)cc1. The van der Waals surface area contributed by atoms with E-state index in [0.29, 0.717) is 37.7 Å². The van der Waals surface area contributed by atoms with Gasteiger partial charge in [0.15, 0.2) is 5.65 Å². The Hall–Kier alpha value is -2.59. The highest BCUT2D eigenvalue weighted by Gasteiger charge is 2.45. The van der Waals surface area contributed by atoms with E-state index in [-0.39, 0.29) is 6.09 Å². The number of cyclic esters (lactones) is 1. The summed E-state index contributed by atoms with van der Waals surface area (Å²) in [5.74, 6) is 0. The summed E-state index contributed by atoms with van der Waals surface area (Å²) in [6, 6.07) is 19.2. The molecule has 1 amide bonds. The number of carbonyl (C=O) groups is 1. The summed E-state index contributed by atoms with van der Waals surface area (Å²) in [5.41, 5.74) is 8.96. The maximum absolute atomic E-state index is 12.0. The van der Waals surface area contributed by atoms with Gasteiger partial charge in [0.25, 0.3) is 0 Å². The first-order valence-corrected chi connectivity index (χ1v) is 18.5. The second kappa shape index (κ2) is 10.6. The smallest absolute Gasteiger partial charge is 0.414 e. The fourth-order valence-corrected chi connectivity index (χ4v) is 8.60. The number of anilines is 1. The molecule has 8 nitrogen and oxygen atoms in total. The van der Waals surface area contributed by atoms with Gasteiger partial charge in [-0.1, -0.05) is 30.3 Å². The summed E-state index contributed by atoms with van der Waals surface area (Å²) in [7, 11) is 0. The molecule has 0 radical (unpaired) electrons. The van der Waals surface area contributed by atoms with Crippen molar-refractivity contribution in [3.63, 3.8) is 0 Å². The van der Waals surface area contributed by atoms with E-state index in [9.17, 15) is 4.79 Å². The van der Waals surface area contributed by atoms with Crippen molar-refractivity contribution >= 4 is 51.2 Å². The molecule has 4 atom stereocenters. The molecule has 10 heteroatoms. The van der Waals surface area contributed by atoms with Gasteiger partial charge in [0.2, 0.25) is 0 Å². The van der Waals surface area contributed by atoms with Gasteiger partial charge in [-0.05, 0) is 89.0 Å². The number of aryl methyl sites for hydroxylation is 2. The van der Waals surface area contributed by atoms with Crippen LogP contribution in [-0.4, -0.2) is 70.0 Å². The Morgan fingerprint density at radius 1 is 0.902 bits per heavy atom. The number of hydrogen-bond donors (Lipinski definition) is 0. The van der Waals surface area contributed by atoms with Gasteiger partial charge in [0, 0.05) is 46.5 Å². The van der Waals surface area contributed by atoms with Crippen LogP contribution in [0.4, 0.5) is 10.5 Å². The van der Waals surface area contributed by atoms with Crippen LogP contribution in [0.15, 0.2) is 54.7 Å². The highest BCUT2D eigenvalue weighted by Crippen LogP contribution is 2.39. The van der Waals surface area contributed by atoms with Crippen molar-refractivity contribution in [3.8, 4) is 22.4 Å². The lowest BCUT2D eigenvalue weighted by Crippen LogP contribution is -2.66. The molecule has 2 aromatic carbocycles. The zero-order valence-electron chi connectivity index (χ0n) is 22.6. The number of carbonyl (C=O) groups excluding carboxylic acids is 1. The molecule has 4 unspecified atom stereocenters. The van der Waals surface area contributed by atoms with Crippen LogP contribution in [0.1, 0.15) is 30.4 Å². The Morgan fingerprint density at radius 2 is 1.68 bits per heavy atom. The average molecular weight is 679 g/mol. The number of rotatable bonds is 5. The van der Waals surface area contributed by atoms with E-state index in [0.717, 1.165) is 59.6 Å². The lowest BCUT2D eigenvalue weighted by Gasteiger charge is -2.56. The first kappa shape index (κ1) is 26.1. The van der Waals surface area contributed by atoms with Gasteiger partial charge in [-0.25, -0.2) is 14.2 Å². The van der Waals surface area contributed by atoms with Crippen LogP contribution in [0.3, 0.4) is 0 Å². The average Bonchev–Trinajstić information content (AvgIpc) is 3.55. The Kier molecular flexibility index (Phi) is 6.74. The molecular formula is C31H31IN5O3P. The standard InChI is InChI=1S/C31H31IN5O3P/c32-41-37-30-28(29(34-37)20-4-7-24(8-5-20)35-11-12-40-31(35)38)14-23(16-33-30)22-2-1-19-3-9-25(10-6-21(19)13-22)36-26-15-27(36)18-39-17-26/h1-2,4-5,7-8,13-14,16,25-27,41H,3,6,9-12,15,17-18H2. The van der Waals surface area contributed by atoms with Crippen LogP contribution in [0.25, 0.3) is 33.4 Å². The Labute approximate surface area is 253 Å². The largest absolute Gasteiger partial charge is 0.447 e. The number of morpholine rings is 1. The molecule has 2 aromatic heterocycles. The molecule has 3 fully saturated rings. The third-order valence-electron chi connectivity index (χ3n) is 9.28. The Balaban J connectivity index is 1.09. The molecule has 41 heavy (non-hydrogen) atoms. The van der Waals surface area contributed by atoms with Crippen LogP contribution in [-0.2, 0) is 22.3 Å². The third-order valence-corrected chi connectivity index (χ3v) is 11.1. The molecule has 0 saturated carbocycles. The predicted molar refractivity (Wildman–Crippen MR) is 170 cm³/mol. The van der Waals surface area contributed by atoms with Gasteiger partial charge >= 0.3 is 6.09 Å². The van der Waals surface area contributed by atoms with E-state index >= 15 is 0 Å². The molecule has 0 spiro atoms. The van der Waals surface area contributed by atoms with Gasteiger partial charge < -0.3 is 9.47 Å². The Morgan fingerprint density at radius 3 is 2.41 bits per heavy atom. The quantitative estimate of drug-likeness (QED) is 0.142. The lowest BCUT2D eigenvalue weighted by atomic mass is 9.87. The maximum Gasteiger partial charge on any atom is 0.414 e. The third kappa shape index (κ3) is 4.56. The van der Waals surface area contributed by atoms with Crippen LogP contribution < -0.4 is 4.90 Å². The van der Waals surface area contributed by atoms with Crippen molar-refractivity contribution in [2.45, 2.75) is 50.2 Å². The molecule has 8 rings (SSSR count). The van der Waals surface area contributed by atoms with Gasteiger partial charge in [-0.2, -0.15) is 5.10 Å². The summed E-state index contributed by atoms with van der Waals surface area (Å²) in [4.78, 5) is 21.3. The van der Waals surface area contributed by atoms with Crippen molar-refractivity contribution in [3.05, 3.63) is 65.9 Å². The van der Waals surface area contributed by atoms with Gasteiger partial charge in [0.1, 0.15) is 12.3 Å². The summed E-state index contributed by atoms with van der Waals surface area (Å²) in [6.45, 7) is 2.83. The zero-order valence-corrected chi connectivity index (χ0v) is 25.8. The molecule has 1 aliphatic carbocycles. The summed E-state index contributed by atoms with van der Waals surface area (Å²) >= 11 is 2.36. The van der Waals surface area contributed by atoms with Crippen molar-refractivity contribution in [1.82, 2.24) is 19.4 Å². The summed E-state index contributed by atoms with van der Waals surface area (Å²) < 4.78 is 12.8. The van der Waals surface area contributed by atoms with Crippen LogP contribution in [0, 0.1) is 0 Å². The first-order valence-electron chi connectivity index (χ1n) is 14.4. The van der Waals surface area contributed by atoms with E-state index in [1.165, 1.54) is 36.0 Å². The number of pyridine rings is 1. The minimum absolute atomic E-state index is 0.290. The monoisotopic (exact) mass is 679 g/mol. The first-order chi connectivity index (χ1) is 20.2. The van der Waals surface area contributed by atoms with Crippen LogP contribution >= 0.6 is 28.4 Å². The van der Waals surface area contributed by atoms with Crippen molar-refractivity contribution in [1.29, 1.82) is 0 Å². The highest BCUT2D eigenvalue weighted by atomic mass is 127. The molecule has 4 aliphatic rings. The van der Waals surface area contributed by atoms with E-state index in [1.54, 1.807) is 4.90 Å². The predicted octanol–water partition coefficient (Wildman–Crippen LogP) is 6.23. The lowest BCUT2D eigenvalue weighted by molar-refractivity contribution is -0.148. The number of hydrogen-bond acceptors (Lipinski definition) is 6. The van der Waals surface area contributed by atoms with Gasteiger partial charge in [-0.15, -0.1) is 0 Å². The molecular weight excluding hydrogens is 648 g/mol. The molecule has 3 aliphatic heterocycles. The minimum atomic E-state index is -0.290. The minimum Gasteiger partial charge on any atom is -0.447 e. The summed E-state index contributed by atoms with van der Waals surface area (Å²) in [5, 5.41) is 5.98. The number of ether oxygens (including phenoxy) is 2. The molecule has 0 N–H and O–H groups in total. The highest BCUT2D eigenvalue weighted by molar-refractivity contribution is 14.2. The van der Waals surface area contributed by atoms with Gasteiger partial charge in [0.05, 0.1) is 26.1 Å². The second-order valence-electron chi connectivity index (χ2n) is 11.5. The molecule has 5 heterocycles. The summed E-state index contributed by atoms with van der Waals surface area (Å²) in [6.07, 6.45) is 8.19. The fraction of sp³-hybridized carbons (Fsp3) is 0.387. The van der Waals surface area contributed by atoms with E-state index < -0.39 is 0 Å². The maximum atomic E-state index is 12.0. The molecule has 210 valence electrons. The normalized spacial score (nSPS) is 24.5. The number of halogens is 1. The van der Waals surface area contributed by atoms with Crippen molar-refractivity contribution in [2.75, 3.05) is 31.3 Å².